The van der Waals surface area contributed by atoms with Gasteiger partial charge in [0.25, 0.3) is 0 Å². The van der Waals surface area contributed by atoms with Crippen molar-refractivity contribution >= 4 is 0 Å². The van der Waals surface area contributed by atoms with Crippen molar-refractivity contribution in [3.8, 4) is 46.0 Å². The van der Waals surface area contributed by atoms with Crippen molar-refractivity contribution in [2.45, 2.75) is 0 Å². The third-order valence-corrected chi connectivity index (χ3v) is 3.19. The lowest BCUT2D eigenvalue weighted by Gasteiger charge is -2.09. The summed E-state index contributed by atoms with van der Waals surface area (Å²) in [6, 6.07) is 15.0. The van der Waals surface area contributed by atoms with E-state index in [9.17, 15) is 20.4 Å². The van der Waals surface area contributed by atoms with E-state index in [-0.39, 0.29) is 23.0 Å². The van der Waals surface area contributed by atoms with Gasteiger partial charge in [0.15, 0.2) is 23.0 Å². The van der Waals surface area contributed by atoms with Gasteiger partial charge in [-0.3, -0.25) is 0 Å². The second-order valence-electron chi connectivity index (χ2n) is 4.98. The van der Waals surface area contributed by atoms with Crippen molar-refractivity contribution < 1.29 is 29.9 Å². The number of rotatable bonds is 4. The summed E-state index contributed by atoms with van der Waals surface area (Å²) in [7, 11) is 0. The Labute approximate surface area is 137 Å². The predicted octanol–water partition coefficient (Wildman–Crippen LogP) is 4.09. The molecule has 0 atom stereocenters. The lowest BCUT2D eigenvalue weighted by atomic mass is 10.3. The molecule has 0 aliphatic rings. The molecule has 0 amide bonds. The summed E-state index contributed by atoms with van der Waals surface area (Å²) >= 11 is 0. The maximum atomic E-state index is 9.44. The van der Waals surface area contributed by atoms with E-state index in [2.05, 4.69) is 0 Å². The van der Waals surface area contributed by atoms with Gasteiger partial charge in [0, 0.05) is 12.1 Å². The van der Waals surface area contributed by atoms with Gasteiger partial charge < -0.3 is 29.9 Å². The molecule has 0 bridgehead atoms. The molecule has 0 saturated heterocycles. The summed E-state index contributed by atoms with van der Waals surface area (Å²) in [5.74, 6) is 0.817. The van der Waals surface area contributed by atoms with Gasteiger partial charge in [0.2, 0.25) is 0 Å². The van der Waals surface area contributed by atoms with Crippen LogP contribution in [-0.4, -0.2) is 20.4 Å². The maximum absolute atomic E-state index is 9.44. The highest BCUT2D eigenvalue weighted by atomic mass is 16.5. The Balaban J connectivity index is 1.70. The highest BCUT2D eigenvalue weighted by molar-refractivity contribution is 5.47. The average Bonchev–Trinajstić information content (AvgIpc) is 2.56. The van der Waals surface area contributed by atoms with Crippen LogP contribution in [0.1, 0.15) is 0 Å². The number of aromatic hydroxyl groups is 4. The zero-order valence-electron chi connectivity index (χ0n) is 12.4. The Morgan fingerprint density at radius 2 is 0.750 bits per heavy atom. The predicted molar refractivity (Wildman–Crippen MR) is 86.1 cm³/mol. The van der Waals surface area contributed by atoms with Gasteiger partial charge in [-0.05, 0) is 48.5 Å². The van der Waals surface area contributed by atoms with E-state index in [1.807, 2.05) is 0 Å². The smallest absolute Gasteiger partial charge is 0.161 e. The molecule has 0 spiro atoms. The Morgan fingerprint density at radius 3 is 1.08 bits per heavy atom. The van der Waals surface area contributed by atoms with Crippen LogP contribution in [0.2, 0.25) is 0 Å². The van der Waals surface area contributed by atoms with E-state index in [1.165, 1.54) is 36.4 Å². The SMILES string of the molecule is Oc1ccc(Oc2ccc(Oc3ccc(O)c(O)c3)cc2)cc1O. The Morgan fingerprint density at radius 1 is 0.417 bits per heavy atom. The van der Waals surface area contributed by atoms with Gasteiger partial charge in [-0.1, -0.05) is 0 Å². The van der Waals surface area contributed by atoms with E-state index < -0.39 is 0 Å². The van der Waals surface area contributed by atoms with Crippen molar-refractivity contribution in [1.82, 2.24) is 0 Å². The highest BCUT2D eigenvalue weighted by Crippen LogP contribution is 2.34. The van der Waals surface area contributed by atoms with Gasteiger partial charge in [-0.25, -0.2) is 0 Å². The molecule has 3 aromatic rings. The van der Waals surface area contributed by atoms with Crippen LogP contribution in [0, 0.1) is 0 Å². The summed E-state index contributed by atoms with van der Waals surface area (Å²) in [5, 5.41) is 37.4. The minimum atomic E-state index is -0.264. The first kappa shape index (κ1) is 15.4. The molecule has 0 aliphatic carbocycles. The zero-order valence-corrected chi connectivity index (χ0v) is 12.4. The first-order chi connectivity index (χ1) is 11.5. The molecule has 3 rings (SSSR count). The zero-order chi connectivity index (χ0) is 17.1. The number of ether oxygens (including phenoxy) is 2. The molecule has 3 aromatic carbocycles. The topological polar surface area (TPSA) is 99.4 Å². The number of benzene rings is 3. The minimum absolute atomic E-state index is 0.219. The first-order valence-electron chi connectivity index (χ1n) is 7.01. The Hall–Kier alpha value is -3.54. The molecule has 0 fully saturated rings. The third-order valence-electron chi connectivity index (χ3n) is 3.19. The van der Waals surface area contributed by atoms with E-state index in [4.69, 9.17) is 9.47 Å². The molecule has 0 aliphatic heterocycles. The molecular weight excluding hydrogens is 312 g/mol. The minimum Gasteiger partial charge on any atom is -0.504 e. The van der Waals surface area contributed by atoms with Crippen LogP contribution in [0.3, 0.4) is 0 Å². The van der Waals surface area contributed by atoms with Gasteiger partial charge in [-0.15, -0.1) is 0 Å². The normalized spacial score (nSPS) is 10.3. The summed E-state index contributed by atoms with van der Waals surface area (Å²) in [6.07, 6.45) is 0. The van der Waals surface area contributed by atoms with E-state index in [0.29, 0.717) is 23.0 Å². The first-order valence-corrected chi connectivity index (χ1v) is 7.01. The van der Waals surface area contributed by atoms with Crippen molar-refractivity contribution in [2.24, 2.45) is 0 Å². The van der Waals surface area contributed by atoms with Gasteiger partial charge in [-0.2, -0.15) is 0 Å². The monoisotopic (exact) mass is 326 g/mol. The fourth-order valence-electron chi connectivity index (χ4n) is 1.98. The molecule has 0 aromatic heterocycles. The number of phenols is 4. The van der Waals surface area contributed by atoms with Crippen molar-refractivity contribution in [2.75, 3.05) is 0 Å². The molecule has 0 saturated carbocycles. The fourth-order valence-corrected chi connectivity index (χ4v) is 1.98. The summed E-state index contributed by atoms with van der Waals surface area (Å²) < 4.78 is 11.1. The van der Waals surface area contributed by atoms with Crippen LogP contribution < -0.4 is 9.47 Å². The van der Waals surface area contributed by atoms with Crippen LogP contribution in [-0.2, 0) is 0 Å². The molecule has 0 heterocycles. The van der Waals surface area contributed by atoms with Crippen LogP contribution in [0.25, 0.3) is 0 Å². The molecule has 6 nitrogen and oxygen atoms in total. The summed E-state index contributed by atoms with van der Waals surface area (Å²) in [4.78, 5) is 0. The fraction of sp³-hybridized carbons (Fsp3) is 0. The standard InChI is InChI=1S/C18H14O6/c19-15-7-5-13(9-17(15)21)23-11-1-2-12(4-3-11)24-14-6-8-16(20)18(22)10-14/h1-10,19-22H. The number of hydrogen-bond donors (Lipinski definition) is 4. The Kier molecular flexibility index (Phi) is 4.03. The molecule has 6 heteroatoms. The molecule has 4 N–H and O–H groups in total. The van der Waals surface area contributed by atoms with Crippen LogP contribution in [0.15, 0.2) is 60.7 Å². The second-order valence-corrected chi connectivity index (χ2v) is 4.98. The largest absolute Gasteiger partial charge is 0.504 e. The second kappa shape index (κ2) is 6.29. The van der Waals surface area contributed by atoms with E-state index >= 15 is 0 Å². The van der Waals surface area contributed by atoms with Gasteiger partial charge >= 0.3 is 0 Å². The van der Waals surface area contributed by atoms with Crippen LogP contribution in [0.5, 0.6) is 46.0 Å². The maximum Gasteiger partial charge on any atom is 0.161 e. The number of phenolic OH excluding ortho intramolecular Hbond substituents is 4. The Bertz CT molecular complexity index is 785. The molecule has 24 heavy (non-hydrogen) atoms. The number of hydrogen-bond acceptors (Lipinski definition) is 6. The van der Waals surface area contributed by atoms with Crippen molar-refractivity contribution in [1.29, 1.82) is 0 Å². The van der Waals surface area contributed by atoms with Crippen LogP contribution in [0.4, 0.5) is 0 Å². The quantitative estimate of drug-likeness (QED) is 0.539. The van der Waals surface area contributed by atoms with Gasteiger partial charge in [0.05, 0.1) is 0 Å². The average molecular weight is 326 g/mol. The lowest BCUT2D eigenvalue weighted by molar-refractivity contribution is 0.397. The lowest BCUT2D eigenvalue weighted by Crippen LogP contribution is -1.86. The van der Waals surface area contributed by atoms with Crippen LogP contribution >= 0.6 is 0 Å². The van der Waals surface area contributed by atoms with Gasteiger partial charge in [0.1, 0.15) is 23.0 Å². The summed E-state index contributed by atoms with van der Waals surface area (Å²) in [6.45, 7) is 0. The molecule has 122 valence electrons. The molecule has 0 unspecified atom stereocenters. The van der Waals surface area contributed by atoms with E-state index in [0.717, 1.165) is 0 Å². The molecular formula is C18H14O6. The van der Waals surface area contributed by atoms with E-state index in [1.54, 1.807) is 24.3 Å². The summed E-state index contributed by atoms with van der Waals surface area (Å²) in [5.41, 5.74) is 0. The van der Waals surface area contributed by atoms with Crippen molar-refractivity contribution in [3.05, 3.63) is 60.7 Å². The third kappa shape index (κ3) is 3.44. The van der Waals surface area contributed by atoms with Crippen molar-refractivity contribution in [3.63, 3.8) is 0 Å². The molecule has 0 radical (unpaired) electrons. The highest BCUT2D eigenvalue weighted by Gasteiger charge is 2.05.